The minimum absolute atomic E-state index is 0.108. The number of esters is 4. The lowest BCUT2D eigenvalue weighted by Crippen LogP contribution is -2.30. The average Bonchev–Trinajstić information content (AvgIpc) is 1.62. The van der Waals surface area contributed by atoms with Gasteiger partial charge in [-0.3, -0.25) is 37.3 Å². The molecule has 0 aromatic heterocycles. The average molecular weight is 1420 g/mol. The molecule has 3 N–H and O–H groups in total. The van der Waals surface area contributed by atoms with E-state index < -0.39 is 97.5 Å². The van der Waals surface area contributed by atoms with Crippen LogP contribution in [0.25, 0.3) is 0 Å². The Morgan fingerprint density at radius 1 is 0.247 bits per heavy atom. The highest BCUT2D eigenvalue weighted by Crippen LogP contribution is 2.45. The molecule has 0 fully saturated rings. The van der Waals surface area contributed by atoms with Gasteiger partial charge in [0.2, 0.25) is 0 Å². The predicted molar refractivity (Wildman–Crippen MR) is 395 cm³/mol. The second kappa shape index (κ2) is 72.4. The highest BCUT2D eigenvalue weighted by atomic mass is 31.2. The molecule has 0 radical (unpaired) electrons. The van der Waals surface area contributed by atoms with E-state index in [4.69, 9.17) is 37.0 Å². The van der Waals surface area contributed by atoms with Gasteiger partial charge in [0.25, 0.3) is 0 Å². The van der Waals surface area contributed by atoms with Crippen molar-refractivity contribution in [2.75, 3.05) is 39.6 Å². The van der Waals surface area contributed by atoms with Crippen molar-refractivity contribution in [3.63, 3.8) is 0 Å². The summed E-state index contributed by atoms with van der Waals surface area (Å²) < 4.78 is 68.5. The maximum Gasteiger partial charge on any atom is 0.472 e. The third-order valence-corrected chi connectivity index (χ3v) is 20.3. The summed E-state index contributed by atoms with van der Waals surface area (Å²) in [6.45, 7) is 4.98. The third-order valence-electron chi connectivity index (χ3n) is 18.4. The van der Waals surface area contributed by atoms with Gasteiger partial charge in [0.15, 0.2) is 12.2 Å². The Labute approximate surface area is 594 Å². The maximum absolute atomic E-state index is 13.1. The summed E-state index contributed by atoms with van der Waals surface area (Å²) in [7, 11) is -9.91. The van der Waals surface area contributed by atoms with Gasteiger partial charge in [-0.15, -0.1) is 0 Å². The van der Waals surface area contributed by atoms with Crippen LogP contribution in [0.1, 0.15) is 419 Å². The van der Waals surface area contributed by atoms with Crippen LogP contribution in [0.3, 0.4) is 0 Å². The van der Waals surface area contributed by atoms with Crippen molar-refractivity contribution in [3.8, 4) is 0 Å². The second-order valence-corrected chi connectivity index (χ2v) is 31.0. The first-order valence-corrected chi connectivity index (χ1v) is 43.8. The number of carbonyl (C=O) groups is 4. The molecule has 576 valence electrons. The molecule has 97 heavy (non-hydrogen) atoms. The Balaban J connectivity index is 5.17. The van der Waals surface area contributed by atoms with E-state index in [9.17, 15) is 43.2 Å². The first kappa shape index (κ1) is 95.1. The molecule has 0 aliphatic heterocycles. The fourth-order valence-electron chi connectivity index (χ4n) is 12.1. The lowest BCUT2D eigenvalue weighted by atomic mass is 10.0. The number of carbonyl (C=O) groups excluding carboxylic acids is 4. The number of rotatable bonds is 79. The molecule has 0 amide bonds. The lowest BCUT2D eigenvalue weighted by Gasteiger charge is -2.21. The van der Waals surface area contributed by atoms with Crippen molar-refractivity contribution in [1.82, 2.24) is 0 Å². The van der Waals surface area contributed by atoms with Gasteiger partial charge < -0.3 is 33.8 Å². The first-order chi connectivity index (χ1) is 47.2. The summed E-state index contributed by atoms with van der Waals surface area (Å²) >= 11 is 0. The molecule has 2 unspecified atom stereocenters. The van der Waals surface area contributed by atoms with Gasteiger partial charge in [0, 0.05) is 25.7 Å². The summed E-state index contributed by atoms with van der Waals surface area (Å²) in [5.74, 6) is -2.11. The molecule has 0 aromatic carbocycles. The molecular formula is C78H152O17P2. The van der Waals surface area contributed by atoms with Gasteiger partial charge in [0.1, 0.15) is 19.3 Å². The van der Waals surface area contributed by atoms with Crippen molar-refractivity contribution in [2.45, 2.75) is 438 Å². The van der Waals surface area contributed by atoms with Crippen LogP contribution < -0.4 is 0 Å². The number of unbranched alkanes of at least 4 members (excludes halogenated alkanes) is 53. The van der Waals surface area contributed by atoms with Gasteiger partial charge in [-0.25, -0.2) is 9.13 Å². The zero-order valence-electron chi connectivity index (χ0n) is 63.1. The molecule has 0 aliphatic rings. The molecule has 0 aliphatic carbocycles. The Morgan fingerprint density at radius 3 is 0.608 bits per heavy atom. The highest BCUT2D eigenvalue weighted by Gasteiger charge is 2.30. The number of aliphatic hydroxyl groups excluding tert-OH is 1. The minimum atomic E-state index is -4.96. The SMILES string of the molecule is CCCCCCCCCCCCCCCCCCCCCCCCC(=O)O[C@H](COC(=O)CCCCCCCCCCCCCCCCC)COP(=O)(O)OC[C@@H](O)COP(=O)(O)OC[C@@H](COC(=O)CCCCCCCCCCC)OC(=O)CCCCCCCCCCCCC. The van der Waals surface area contributed by atoms with Gasteiger partial charge in [-0.1, -0.05) is 368 Å². The van der Waals surface area contributed by atoms with Gasteiger partial charge in [0.05, 0.1) is 26.4 Å². The summed E-state index contributed by atoms with van der Waals surface area (Å²) in [6, 6.07) is 0. The highest BCUT2D eigenvalue weighted by molar-refractivity contribution is 7.47. The minimum Gasteiger partial charge on any atom is -0.462 e. The number of aliphatic hydroxyl groups is 1. The Morgan fingerprint density at radius 2 is 0.412 bits per heavy atom. The van der Waals surface area contributed by atoms with E-state index in [1.54, 1.807) is 0 Å². The van der Waals surface area contributed by atoms with Crippen LogP contribution in [0, 0.1) is 0 Å². The smallest absolute Gasteiger partial charge is 0.462 e. The molecule has 0 bridgehead atoms. The van der Waals surface area contributed by atoms with E-state index in [-0.39, 0.29) is 25.7 Å². The monoisotopic (exact) mass is 1420 g/mol. The Bertz CT molecular complexity index is 1840. The Kier molecular flexibility index (Phi) is 71.0. The molecule has 5 atom stereocenters. The van der Waals surface area contributed by atoms with Crippen molar-refractivity contribution >= 4 is 39.5 Å². The van der Waals surface area contributed by atoms with E-state index in [0.717, 1.165) is 89.9 Å². The normalized spacial score (nSPS) is 13.8. The van der Waals surface area contributed by atoms with Crippen LogP contribution in [0.15, 0.2) is 0 Å². The molecule has 0 saturated heterocycles. The maximum atomic E-state index is 13.1. The summed E-state index contributed by atoms with van der Waals surface area (Å²) in [5, 5.41) is 10.6. The standard InChI is InChI=1S/C78H152O17P2/c1-5-9-13-17-21-25-28-30-32-33-34-35-36-37-38-40-42-45-49-53-57-61-65-78(83)95-74(69-89-76(81)63-59-55-51-47-44-41-39-31-29-26-22-18-14-10-6-2)71-93-97(86,87)91-67-72(79)66-90-96(84,85)92-70-73(68-88-75(80)62-58-54-50-46-24-20-16-12-8-4)94-77(82)64-60-56-52-48-43-27-23-19-15-11-7-3/h72-74,79H,5-71H2,1-4H3,(H,84,85)(H,86,87)/t72-,73+,74+/m0/s1. The van der Waals surface area contributed by atoms with E-state index in [0.29, 0.717) is 25.7 Å². The number of hydrogen-bond acceptors (Lipinski definition) is 15. The summed E-state index contributed by atoms with van der Waals surface area (Å²) in [6.07, 6.45) is 63.9. The fraction of sp³-hybridized carbons (Fsp3) is 0.949. The lowest BCUT2D eigenvalue weighted by molar-refractivity contribution is -0.161. The largest absolute Gasteiger partial charge is 0.472 e. The van der Waals surface area contributed by atoms with Gasteiger partial charge in [-0.2, -0.15) is 0 Å². The number of hydrogen-bond donors (Lipinski definition) is 3. The van der Waals surface area contributed by atoms with Gasteiger partial charge >= 0.3 is 39.5 Å². The third kappa shape index (κ3) is 72.2. The first-order valence-electron chi connectivity index (χ1n) is 40.8. The van der Waals surface area contributed by atoms with Crippen LogP contribution in [-0.4, -0.2) is 96.7 Å². The zero-order valence-corrected chi connectivity index (χ0v) is 64.8. The molecule has 0 aromatic rings. The zero-order chi connectivity index (χ0) is 71.1. The molecule has 0 saturated carbocycles. The number of ether oxygens (including phenoxy) is 4. The summed E-state index contributed by atoms with van der Waals surface area (Å²) in [5.41, 5.74) is 0. The quantitative estimate of drug-likeness (QED) is 0.0222. The molecule has 17 nitrogen and oxygen atoms in total. The summed E-state index contributed by atoms with van der Waals surface area (Å²) in [4.78, 5) is 72.8. The molecule has 0 spiro atoms. The van der Waals surface area contributed by atoms with Crippen LogP contribution in [0.4, 0.5) is 0 Å². The molecular weight excluding hydrogens is 1270 g/mol. The fourth-order valence-corrected chi connectivity index (χ4v) is 13.7. The van der Waals surface area contributed by atoms with Crippen molar-refractivity contribution in [1.29, 1.82) is 0 Å². The number of phosphoric acid groups is 2. The van der Waals surface area contributed by atoms with Crippen LogP contribution in [0.5, 0.6) is 0 Å². The molecule has 0 rings (SSSR count). The van der Waals surface area contributed by atoms with Gasteiger partial charge in [-0.05, 0) is 25.7 Å². The van der Waals surface area contributed by atoms with E-state index in [2.05, 4.69) is 27.7 Å². The predicted octanol–water partition coefficient (Wildman–Crippen LogP) is 23.4. The number of phosphoric ester groups is 2. The van der Waals surface area contributed by atoms with Crippen LogP contribution in [0.2, 0.25) is 0 Å². The van der Waals surface area contributed by atoms with Crippen LogP contribution >= 0.6 is 15.6 Å². The van der Waals surface area contributed by atoms with E-state index >= 15 is 0 Å². The topological polar surface area (TPSA) is 237 Å². The molecule has 19 heteroatoms. The van der Waals surface area contributed by atoms with E-state index in [1.807, 2.05) is 0 Å². The second-order valence-electron chi connectivity index (χ2n) is 28.1. The van der Waals surface area contributed by atoms with Crippen molar-refractivity contribution in [2.24, 2.45) is 0 Å². The Hall–Kier alpha value is -1.94. The molecule has 0 heterocycles. The van der Waals surface area contributed by atoms with Crippen molar-refractivity contribution < 1.29 is 80.2 Å². The van der Waals surface area contributed by atoms with Crippen LogP contribution in [-0.2, 0) is 65.4 Å². The van der Waals surface area contributed by atoms with E-state index in [1.165, 1.54) is 250 Å². The van der Waals surface area contributed by atoms with Crippen molar-refractivity contribution in [3.05, 3.63) is 0 Å².